The average molecular weight is 403 g/mol. The third kappa shape index (κ3) is 4.14. The third-order valence-electron chi connectivity index (χ3n) is 3.79. The second-order valence-corrected chi connectivity index (χ2v) is 6.77. The molecule has 25 heavy (non-hydrogen) atoms. The third-order valence-corrected chi connectivity index (χ3v) is 4.59. The first-order valence-corrected chi connectivity index (χ1v) is 8.81. The van der Waals surface area contributed by atoms with Crippen molar-refractivity contribution in [2.24, 2.45) is 0 Å². The Bertz CT molecular complexity index is 855. The predicted octanol–water partition coefficient (Wildman–Crippen LogP) is 3.38. The summed E-state index contributed by atoms with van der Waals surface area (Å²) >= 11 is 3.44. The Morgan fingerprint density at radius 1 is 1.32 bits per heavy atom. The Morgan fingerprint density at radius 2 is 2.08 bits per heavy atom. The standard InChI is InChI=1S/C17H19BrN6O/c1-11(2)15-14(18)16(22-21-15)17(25)20-13-6-10-24(23-13)9-5-12-3-7-19-8-4-12/h3-4,6-8,10-11H,5,9H2,1-2H3,(H,21,22)(H,20,23,25). The number of nitrogens with zero attached hydrogens (tertiary/aromatic N) is 4. The lowest BCUT2D eigenvalue weighted by atomic mass is 10.1. The Labute approximate surface area is 154 Å². The summed E-state index contributed by atoms with van der Waals surface area (Å²) in [6.07, 6.45) is 6.24. The van der Waals surface area contributed by atoms with Crippen LogP contribution >= 0.6 is 15.9 Å². The van der Waals surface area contributed by atoms with Crippen molar-refractivity contribution in [3.8, 4) is 0 Å². The van der Waals surface area contributed by atoms with E-state index in [9.17, 15) is 4.79 Å². The van der Waals surface area contributed by atoms with Gasteiger partial charge in [-0.15, -0.1) is 0 Å². The van der Waals surface area contributed by atoms with Crippen LogP contribution in [0, 0.1) is 0 Å². The lowest BCUT2D eigenvalue weighted by Gasteiger charge is -2.03. The van der Waals surface area contributed by atoms with Gasteiger partial charge in [0.05, 0.1) is 10.2 Å². The zero-order chi connectivity index (χ0) is 17.8. The molecular formula is C17H19BrN6O. The smallest absolute Gasteiger partial charge is 0.278 e. The molecular weight excluding hydrogens is 384 g/mol. The Hall–Kier alpha value is -2.48. The topological polar surface area (TPSA) is 88.5 Å². The van der Waals surface area contributed by atoms with E-state index in [2.05, 4.69) is 41.5 Å². The van der Waals surface area contributed by atoms with Crippen LogP contribution < -0.4 is 5.32 Å². The van der Waals surface area contributed by atoms with E-state index in [0.717, 1.165) is 18.7 Å². The number of carbonyl (C=O) groups is 1. The monoisotopic (exact) mass is 402 g/mol. The molecule has 0 aliphatic carbocycles. The van der Waals surface area contributed by atoms with Crippen LogP contribution in [-0.2, 0) is 13.0 Å². The number of nitrogens with one attached hydrogen (secondary N) is 2. The van der Waals surface area contributed by atoms with Crippen molar-refractivity contribution in [1.82, 2.24) is 25.0 Å². The van der Waals surface area contributed by atoms with Crippen LogP contribution in [0.15, 0.2) is 41.3 Å². The number of H-pyrrole nitrogens is 1. The molecule has 0 saturated heterocycles. The molecule has 3 heterocycles. The quantitative estimate of drug-likeness (QED) is 0.661. The number of hydrogen-bond acceptors (Lipinski definition) is 4. The summed E-state index contributed by atoms with van der Waals surface area (Å²) < 4.78 is 2.49. The minimum atomic E-state index is -0.297. The fraction of sp³-hybridized carbons (Fsp3) is 0.294. The van der Waals surface area contributed by atoms with Crippen molar-refractivity contribution in [3.05, 3.63) is 58.2 Å². The average Bonchev–Trinajstić information content (AvgIpc) is 3.20. The van der Waals surface area contributed by atoms with E-state index in [1.165, 1.54) is 5.56 Å². The maximum atomic E-state index is 12.4. The maximum absolute atomic E-state index is 12.4. The molecule has 8 heteroatoms. The summed E-state index contributed by atoms with van der Waals surface area (Å²) in [5.41, 5.74) is 2.42. The minimum absolute atomic E-state index is 0.246. The van der Waals surface area contributed by atoms with Gasteiger partial charge in [-0.25, -0.2) is 0 Å². The molecule has 0 bridgehead atoms. The molecule has 0 aliphatic heterocycles. The largest absolute Gasteiger partial charge is 0.304 e. The zero-order valence-corrected chi connectivity index (χ0v) is 15.6. The Kier molecular flexibility index (Phi) is 5.28. The number of aromatic amines is 1. The highest BCUT2D eigenvalue weighted by Gasteiger charge is 2.19. The summed E-state index contributed by atoms with van der Waals surface area (Å²) in [5.74, 6) is 0.450. The lowest BCUT2D eigenvalue weighted by molar-refractivity contribution is 0.102. The van der Waals surface area contributed by atoms with E-state index >= 15 is 0 Å². The number of hydrogen-bond donors (Lipinski definition) is 2. The van der Waals surface area contributed by atoms with Gasteiger partial charge in [-0.3, -0.25) is 19.6 Å². The molecule has 3 aromatic rings. The first-order valence-electron chi connectivity index (χ1n) is 8.02. The highest BCUT2D eigenvalue weighted by atomic mass is 79.9. The van der Waals surface area contributed by atoms with Crippen molar-refractivity contribution in [1.29, 1.82) is 0 Å². The molecule has 130 valence electrons. The van der Waals surface area contributed by atoms with Crippen molar-refractivity contribution >= 4 is 27.7 Å². The molecule has 0 spiro atoms. The number of pyridine rings is 1. The van der Waals surface area contributed by atoms with Crippen LogP contribution in [-0.4, -0.2) is 30.9 Å². The van der Waals surface area contributed by atoms with Crippen LogP contribution in [0.5, 0.6) is 0 Å². The van der Waals surface area contributed by atoms with Crippen molar-refractivity contribution in [2.75, 3.05) is 5.32 Å². The molecule has 3 aromatic heterocycles. The van der Waals surface area contributed by atoms with Gasteiger partial charge in [-0.05, 0) is 46.0 Å². The number of anilines is 1. The summed E-state index contributed by atoms with van der Waals surface area (Å²) in [6.45, 7) is 4.79. The van der Waals surface area contributed by atoms with Crippen LogP contribution in [0.3, 0.4) is 0 Å². The van der Waals surface area contributed by atoms with E-state index < -0.39 is 0 Å². The summed E-state index contributed by atoms with van der Waals surface area (Å²) in [5, 5.41) is 14.1. The van der Waals surface area contributed by atoms with Gasteiger partial charge in [0.2, 0.25) is 0 Å². The molecule has 7 nitrogen and oxygen atoms in total. The van der Waals surface area contributed by atoms with Crippen molar-refractivity contribution < 1.29 is 4.79 Å². The molecule has 3 rings (SSSR count). The van der Waals surface area contributed by atoms with Crippen LogP contribution in [0.25, 0.3) is 0 Å². The number of halogens is 1. The Morgan fingerprint density at radius 3 is 2.76 bits per heavy atom. The van der Waals surface area contributed by atoms with Gasteiger partial charge in [0, 0.05) is 31.2 Å². The zero-order valence-electron chi connectivity index (χ0n) is 14.0. The van der Waals surface area contributed by atoms with Crippen LogP contribution in [0.2, 0.25) is 0 Å². The molecule has 1 amide bonds. The Balaban J connectivity index is 1.62. The first-order chi connectivity index (χ1) is 12.0. The molecule has 0 radical (unpaired) electrons. The highest BCUT2D eigenvalue weighted by molar-refractivity contribution is 9.10. The van der Waals surface area contributed by atoms with Gasteiger partial charge >= 0.3 is 0 Å². The molecule has 0 aliphatic rings. The lowest BCUT2D eigenvalue weighted by Crippen LogP contribution is -2.14. The molecule has 0 unspecified atom stereocenters. The number of rotatable bonds is 6. The van der Waals surface area contributed by atoms with Crippen LogP contribution in [0.4, 0.5) is 5.82 Å². The fourth-order valence-electron chi connectivity index (χ4n) is 2.40. The highest BCUT2D eigenvalue weighted by Crippen LogP contribution is 2.25. The molecule has 2 N–H and O–H groups in total. The number of aryl methyl sites for hydroxylation is 2. The number of amides is 1. The predicted molar refractivity (Wildman–Crippen MR) is 98.5 cm³/mol. The van der Waals surface area contributed by atoms with Gasteiger partial charge in [-0.2, -0.15) is 10.2 Å². The van der Waals surface area contributed by atoms with Gasteiger partial charge < -0.3 is 5.32 Å². The van der Waals surface area contributed by atoms with Gasteiger partial charge in [0.15, 0.2) is 11.5 Å². The molecule has 0 saturated carbocycles. The van der Waals surface area contributed by atoms with Gasteiger partial charge in [0.25, 0.3) is 5.91 Å². The molecule has 0 aromatic carbocycles. The summed E-state index contributed by atoms with van der Waals surface area (Å²) in [4.78, 5) is 16.4. The van der Waals surface area contributed by atoms with Crippen molar-refractivity contribution in [2.45, 2.75) is 32.7 Å². The van der Waals surface area contributed by atoms with Crippen LogP contribution in [0.1, 0.15) is 41.5 Å². The first kappa shape index (κ1) is 17.3. The van der Waals surface area contributed by atoms with E-state index in [-0.39, 0.29) is 11.8 Å². The normalized spacial score (nSPS) is 11.0. The summed E-state index contributed by atoms with van der Waals surface area (Å²) in [6, 6.07) is 5.73. The maximum Gasteiger partial charge on any atom is 0.278 e. The van der Waals surface area contributed by atoms with E-state index in [1.807, 2.05) is 32.2 Å². The molecule has 0 fully saturated rings. The van der Waals surface area contributed by atoms with Crippen molar-refractivity contribution in [3.63, 3.8) is 0 Å². The van der Waals surface area contributed by atoms with Gasteiger partial charge in [0.1, 0.15) is 0 Å². The summed E-state index contributed by atoms with van der Waals surface area (Å²) in [7, 11) is 0. The number of aromatic nitrogens is 5. The fourth-order valence-corrected chi connectivity index (χ4v) is 3.21. The van der Waals surface area contributed by atoms with E-state index in [4.69, 9.17) is 0 Å². The SMILES string of the molecule is CC(C)c1[nH]nc(C(=O)Nc2ccn(CCc3ccncc3)n2)c1Br. The molecule has 0 atom stereocenters. The second kappa shape index (κ2) is 7.60. The number of carbonyl (C=O) groups excluding carboxylic acids is 1. The van der Waals surface area contributed by atoms with Gasteiger partial charge in [-0.1, -0.05) is 13.8 Å². The second-order valence-electron chi connectivity index (χ2n) is 5.98. The van der Waals surface area contributed by atoms with E-state index in [0.29, 0.717) is 16.0 Å². The van der Waals surface area contributed by atoms with E-state index in [1.54, 1.807) is 23.1 Å². The minimum Gasteiger partial charge on any atom is -0.304 e.